The number of carboxylic acids is 1. The Kier molecular flexibility index (Phi) is 3.55. The lowest BCUT2D eigenvalue weighted by molar-refractivity contribution is -0.138. The molecule has 0 amide bonds. The quantitative estimate of drug-likeness (QED) is 0.848. The monoisotopic (exact) mass is 322 g/mol. The van der Waals surface area contributed by atoms with E-state index in [1.165, 1.54) is 6.07 Å². The Bertz CT molecular complexity index is 809. The van der Waals surface area contributed by atoms with E-state index in [0.29, 0.717) is 17.4 Å². The minimum absolute atomic E-state index is 0.0148. The number of hydrogen-bond acceptors (Lipinski definition) is 3. The number of pyridine rings is 1. The van der Waals surface area contributed by atoms with Crippen LogP contribution in [0.1, 0.15) is 41.6 Å². The molecule has 1 aromatic carbocycles. The second-order valence-electron chi connectivity index (χ2n) is 6.52. The van der Waals surface area contributed by atoms with Gasteiger partial charge in [-0.15, -0.1) is 0 Å². The Balaban J connectivity index is 1.50. The summed E-state index contributed by atoms with van der Waals surface area (Å²) in [5.74, 6) is -1.29. The maximum absolute atomic E-state index is 14.2. The number of anilines is 1. The first-order valence-corrected chi connectivity index (χ1v) is 8.06. The van der Waals surface area contributed by atoms with Crippen molar-refractivity contribution in [1.29, 1.82) is 0 Å². The van der Waals surface area contributed by atoms with E-state index in [1.54, 1.807) is 12.3 Å². The fourth-order valence-corrected chi connectivity index (χ4v) is 3.59. The number of carboxylic acid groups (broad SMARTS) is 1. The normalized spacial score (nSPS) is 24.5. The molecule has 2 radical (unpaired) electrons. The predicted octanol–water partition coefficient (Wildman–Crippen LogP) is 2.30. The number of halogens is 1. The van der Waals surface area contributed by atoms with Gasteiger partial charge in [-0.1, -0.05) is 11.5 Å². The molecule has 120 valence electrons. The van der Waals surface area contributed by atoms with E-state index in [-0.39, 0.29) is 23.7 Å². The number of hydrogen-bond donors (Lipinski definition) is 2. The summed E-state index contributed by atoms with van der Waals surface area (Å²) in [4.78, 5) is 15.3. The van der Waals surface area contributed by atoms with Gasteiger partial charge in [0.15, 0.2) is 0 Å². The molecule has 1 aromatic heterocycles. The van der Waals surface area contributed by atoms with E-state index >= 15 is 0 Å². The van der Waals surface area contributed by atoms with E-state index in [2.05, 4.69) is 10.3 Å². The summed E-state index contributed by atoms with van der Waals surface area (Å²) in [6.07, 6.45) is 3.88. The first-order chi connectivity index (χ1) is 11.5. The first kappa shape index (κ1) is 15.2. The summed E-state index contributed by atoms with van der Waals surface area (Å²) in [6.45, 7) is 0. The van der Waals surface area contributed by atoms with Gasteiger partial charge in [-0.2, -0.15) is 0 Å². The average molecular weight is 322 g/mol. The van der Waals surface area contributed by atoms with Crippen LogP contribution in [0.3, 0.4) is 0 Å². The van der Waals surface area contributed by atoms with Crippen LogP contribution in [-0.4, -0.2) is 23.9 Å². The second-order valence-corrected chi connectivity index (χ2v) is 6.52. The van der Waals surface area contributed by atoms with Crippen molar-refractivity contribution in [2.75, 3.05) is 5.32 Å². The van der Waals surface area contributed by atoms with Gasteiger partial charge in [0.05, 0.1) is 23.8 Å². The fraction of sp³-hybridized carbons (Fsp3) is 0.333. The predicted molar refractivity (Wildman–Crippen MR) is 89.2 cm³/mol. The number of aliphatic carboxylic acids is 1. The molecule has 2 aliphatic carbocycles. The fourth-order valence-electron chi connectivity index (χ4n) is 3.59. The van der Waals surface area contributed by atoms with Gasteiger partial charge < -0.3 is 10.4 Å². The summed E-state index contributed by atoms with van der Waals surface area (Å²) < 4.78 is 14.2. The third kappa shape index (κ3) is 2.56. The SMILES string of the molecule is [B]c1ccc(F)c2c1CC[C@H]2Nc1ccc([C@H]2C[C@@H]2C(=O)O)nc1. The molecule has 3 atom stereocenters. The Labute approximate surface area is 140 Å². The highest BCUT2D eigenvalue weighted by atomic mass is 19.1. The molecule has 2 N–H and O–H groups in total. The van der Waals surface area contributed by atoms with Crippen molar-refractivity contribution in [1.82, 2.24) is 4.98 Å². The Hall–Kier alpha value is -2.37. The lowest BCUT2D eigenvalue weighted by atomic mass is 9.88. The van der Waals surface area contributed by atoms with Crippen molar-refractivity contribution in [2.24, 2.45) is 5.92 Å². The van der Waals surface area contributed by atoms with Crippen LogP contribution >= 0.6 is 0 Å². The number of nitrogens with one attached hydrogen (secondary N) is 1. The maximum Gasteiger partial charge on any atom is 0.307 e. The molecular formula is C18H16BFN2O2. The number of fused-ring (bicyclic) bond motifs is 1. The molecule has 0 unspecified atom stereocenters. The molecule has 1 heterocycles. The highest BCUT2D eigenvalue weighted by Crippen LogP contribution is 2.46. The molecule has 24 heavy (non-hydrogen) atoms. The summed E-state index contributed by atoms with van der Waals surface area (Å²) in [5.41, 5.74) is 3.77. The van der Waals surface area contributed by atoms with Gasteiger partial charge in [0.2, 0.25) is 0 Å². The lowest BCUT2D eigenvalue weighted by Gasteiger charge is -2.17. The highest BCUT2D eigenvalue weighted by Gasteiger charge is 2.45. The smallest absolute Gasteiger partial charge is 0.307 e. The van der Waals surface area contributed by atoms with Crippen LogP contribution in [0.4, 0.5) is 10.1 Å². The van der Waals surface area contributed by atoms with E-state index in [9.17, 15) is 9.18 Å². The Morgan fingerprint density at radius 1 is 1.33 bits per heavy atom. The number of aromatic nitrogens is 1. The molecule has 4 nitrogen and oxygen atoms in total. The van der Waals surface area contributed by atoms with Crippen molar-refractivity contribution in [3.8, 4) is 0 Å². The molecule has 0 aliphatic heterocycles. The van der Waals surface area contributed by atoms with Crippen molar-refractivity contribution in [3.05, 3.63) is 53.1 Å². The molecule has 2 aliphatic rings. The maximum atomic E-state index is 14.2. The van der Waals surface area contributed by atoms with Crippen LogP contribution < -0.4 is 10.8 Å². The molecule has 1 saturated carbocycles. The third-order valence-electron chi connectivity index (χ3n) is 4.99. The van der Waals surface area contributed by atoms with Gasteiger partial charge in [-0.3, -0.25) is 9.78 Å². The highest BCUT2D eigenvalue weighted by molar-refractivity contribution is 6.33. The lowest BCUT2D eigenvalue weighted by Crippen LogP contribution is -2.14. The molecule has 0 spiro atoms. The molecule has 6 heteroatoms. The Morgan fingerprint density at radius 3 is 2.83 bits per heavy atom. The van der Waals surface area contributed by atoms with Crippen LogP contribution in [0.2, 0.25) is 0 Å². The van der Waals surface area contributed by atoms with Crippen LogP contribution in [0.25, 0.3) is 0 Å². The molecule has 2 aromatic rings. The van der Waals surface area contributed by atoms with Crippen molar-refractivity contribution in [3.63, 3.8) is 0 Å². The zero-order valence-electron chi connectivity index (χ0n) is 13.0. The molecule has 4 rings (SSSR count). The zero-order chi connectivity index (χ0) is 16.8. The third-order valence-corrected chi connectivity index (χ3v) is 4.99. The second kappa shape index (κ2) is 5.62. The number of carbonyl (C=O) groups is 1. The van der Waals surface area contributed by atoms with E-state index in [4.69, 9.17) is 13.0 Å². The van der Waals surface area contributed by atoms with Crippen molar-refractivity contribution < 1.29 is 14.3 Å². The number of rotatable bonds is 4. The van der Waals surface area contributed by atoms with Gasteiger partial charge in [-0.05, 0) is 43.0 Å². The van der Waals surface area contributed by atoms with Gasteiger partial charge in [-0.25, -0.2) is 4.39 Å². The van der Waals surface area contributed by atoms with Crippen LogP contribution in [0, 0.1) is 11.7 Å². The van der Waals surface area contributed by atoms with Gasteiger partial charge in [0.1, 0.15) is 13.7 Å². The molecule has 0 bridgehead atoms. The van der Waals surface area contributed by atoms with Gasteiger partial charge >= 0.3 is 5.97 Å². The largest absolute Gasteiger partial charge is 0.481 e. The van der Waals surface area contributed by atoms with E-state index in [0.717, 1.165) is 29.8 Å². The number of nitrogens with zero attached hydrogens (tertiary/aromatic N) is 1. The summed E-state index contributed by atoms with van der Waals surface area (Å²) in [6, 6.07) is 6.63. The van der Waals surface area contributed by atoms with Crippen molar-refractivity contribution in [2.45, 2.75) is 31.2 Å². The summed E-state index contributed by atoms with van der Waals surface area (Å²) in [7, 11) is 5.94. The average Bonchev–Trinajstić information content (AvgIpc) is 3.26. The van der Waals surface area contributed by atoms with E-state index in [1.807, 2.05) is 12.1 Å². The summed E-state index contributed by atoms with van der Waals surface area (Å²) >= 11 is 0. The van der Waals surface area contributed by atoms with Gasteiger partial charge in [0, 0.05) is 17.2 Å². The van der Waals surface area contributed by atoms with Gasteiger partial charge in [0.25, 0.3) is 0 Å². The minimum atomic E-state index is -0.764. The molecule has 0 saturated heterocycles. The molecule has 1 fully saturated rings. The standard InChI is InChI=1S/C18H16BFN2O2/c19-13-3-4-14(20)17-10(13)2-6-16(17)22-9-1-5-15(21-8-9)11-7-12(11)18(23)24/h1,3-5,8,11-12,16,22H,2,6-7H2,(H,23,24)/t11-,12-,16+/m0/s1. The van der Waals surface area contributed by atoms with Crippen LogP contribution in [0.5, 0.6) is 0 Å². The molecular weight excluding hydrogens is 306 g/mol. The first-order valence-electron chi connectivity index (χ1n) is 8.06. The topological polar surface area (TPSA) is 62.2 Å². The number of benzene rings is 1. The van der Waals surface area contributed by atoms with E-state index < -0.39 is 5.97 Å². The minimum Gasteiger partial charge on any atom is -0.481 e. The van der Waals surface area contributed by atoms with Crippen LogP contribution in [0.15, 0.2) is 30.5 Å². The van der Waals surface area contributed by atoms with Crippen molar-refractivity contribution >= 4 is 25.0 Å². The summed E-state index contributed by atoms with van der Waals surface area (Å²) in [5, 5.41) is 12.3. The zero-order valence-corrected chi connectivity index (χ0v) is 13.0. The van der Waals surface area contributed by atoms with Crippen LogP contribution in [-0.2, 0) is 11.2 Å². The Morgan fingerprint density at radius 2 is 2.17 bits per heavy atom.